The highest BCUT2D eigenvalue weighted by Crippen LogP contribution is 2.21. The van der Waals surface area contributed by atoms with Crippen LogP contribution >= 0.6 is 0 Å². The standard InChI is InChI=1S/C33H45N5O5/c1-5-37-17-19-38(20-18-37)32(41)27-15-16-29(39)35-30(23(2)3)33(42)36(4)25(21-24-11-7-6-8-12-24)22-43-28-14-10-9-13-26(28)31(40)34-27/h6-14,23,25,27,30H,5,15-22H2,1-4H3,(H,34,40)(H,35,39)/t25-,27+,30+/m1/s1. The molecule has 0 radical (unpaired) electrons. The number of fused-ring (bicyclic) bond motifs is 1. The van der Waals surface area contributed by atoms with Gasteiger partial charge in [0.2, 0.25) is 17.7 Å². The van der Waals surface area contributed by atoms with Crippen LogP contribution in [-0.4, -0.2) is 103 Å². The Morgan fingerprint density at radius 1 is 0.953 bits per heavy atom. The number of amides is 4. The minimum absolute atomic E-state index is 0.0165. The summed E-state index contributed by atoms with van der Waals surface area (Å²) in [5.41, 5.74) is 1.33. The lowest BCUT2D eigenvalue weighted by Gasteiger charge is -2.36. The van der Waals surface area contributed by atoms with Gasteiger partial charge < -0.3 is 30.1 Å². The fraction of sp³-hybridized carbons (Fsp3) is 0.515. The number of carbonyl (C=O) groups excluding carboxylic acids is 4. The summed E-state index contributed by atoms with van der Waals surface area (Å²) >= 11 is 0. The number of hydrogen-bond donors (Lipinski definition) is 2. The van der Waals surface area contributed by atoms with Gasteiger partial charge in [-0.15, -0.1) is 0 Å². The van der Waals surface area contributed by atoms with E-state index in [9.17, 15) is 19.2 Å². The van der Waals surface area contributed by atoms with E-state index in [-0.39, 0.29) is 49.1 Å². The zero-order chi connectivity index (χ0) is 30.9. The first-order chi connectivity index (χ1) is 20.7. The summed E-state index contributed by atoms with van der Waals surface area (Å²) in [5.74, 6) is -1.01. The van der Waals surface area contributed by atoms with Crippen molar-refractivity contribution in [3.05, 3.63) is 65.7 Å². The van der Waals surface area contributed by atoms with Gasteiger partial charge in [0.15, 0.2) is 0 Å². The first-order valence-electron chi connectivity index (χ1n) is 15.3. The maximum atomic E-state index is 13.8. The summed E-state index contributed by atoms with van der Waals surface area (Å²) < 4.78 is 6.25. The van der Waals surface area contributed by atoms with Gasteiger partial charge in [-0.3, -0.25) is 19.2 Å². The van der Waals surface area contributed by atoms with Crippen LogP contribution in [0.25, 0.3) is 0 Å². The van der Waals surface area contributed by atoms with Crippen molar-refractivity contribution in [1.82, 2.24) is 25.3 Å². The minimum Gasteiger partial charge on any atom is -0.491 e. The molecule has 2 aromatic carbocycles. The van der Waals surface area contributed by atoms with Crippen LogP contribution in [0.15, 0.2) is 54.6 Å². The Balaban J connectivity index is 1.64. The van der Waals surface area contributed by atoms with E-state index in [2.05, 4.69) is 22.5 Å². The molecule has 2 aromatic rings. The average Bonchev–Trinajstić information content (AvgIpc) is 3.03. The lowest BCUT2D eigenvalue weighted by molar-refractivity contribution is -0.139. The fourth-order valence-corrected chi connectivity index (χ4v) is 5.59. The molecule has 2 N–H and O–H groups in total. The number of hydrogen-bond acceptors (Lipinski definition) is 6. The molecule has 232 valence electrons. The number of ether oxygens (including phenoxy) is 1. The molecule has 2 heterocycles. The first kappa shape index (κ1) is 32.0. The normalized spacial score (nSPS) is 23.0. The molecule has 1 fully saturated rings. The second kappa shape index (κ2) is 15.0. The molecule has 4 amide bonds. The highest BCUT2D eigenvalue weighted by atomic mass is 16.5. The van der Waals surface area contributed by atoms with Crippen molar-refractivity contribution in [3.8, 4) is 5.75 Å². The van der Waals surface area contributed by atoms with Gasteiger partial charge in [0.05, 0.1) is 11.6 Å². The molecular formula is C33H45N5O5. The van der Waals surface area contributed by atoms with E-state index in [1.807, 2.05) is 44.2 Å². The van der Waals surface area contributed by atoms with E-state index >= 15 is 0 Å². The lowest BCUT2D eigenvalue weighted by atomic mass is 9.99. The van der Waals surface area contributed by atoms with E-state index in [1.54, 1.807) is 41.1 Å². The van der Waals surface area contributed by atoms with Gasteiger partial charge in [0, 0.05) is 39.6 Å². The smallest absolute Gasteiger partial charge is 0.255 e. The Bertz CT molecular complexity index is 1260. The maximum Gasteiger partial charge on any atom is 0.255 e. The van der Waals surface area contributed by atoms with Crippen LogP contribution in [0, 0.1) is 5.92 Å². The molecule has 0 unspecified atom stereocenters. The van der Waals surface area contributed by atoms with Crippen LogP contribution in [-0.2, 0) is 20.8 Å². The van der Waals surface area contributed by atoms with Crippen LogP contribution in [0.5, 0.6) is 5.75 Å². The van der Waals surface area contributed by atoms with Crippen molar-refractivity contribution in [3.63, 3.8) is 0 Å². The Morgan fingerprint density at radius 2 is 1.63 bits per heavy atom. The summed E-state index contributed by atoms with van der Waals surface area (Å²) in [6.45, 7) is 9.56. The van der Waals surface area contributed by atoms with E-state index in [0.29, 0.717) is 30.8 Å². The lowest BCUT2D eigenvalue weighted by Crippen LogP contribution is -2.55. The number of likely N-dealkylation sites (N-methyl/N-ethyl adjacent to an activating group) is 2. The third kappa shape index (κ3) is 8.34. The highest BCUT2D eigenvalue weighted by molar-refractivity contribution is 6.00. The largest absolute Gasteiger partial charge is 0.491 e. The van der Waals surface area contributed by atoms with Crippen molar-refractivity contribution in [2.24, 2.45) is 5.92 Å². The van der Waals surface area contributed by atoms with Crippen molar-refractivity contribution in [1.29, 1.82) is 0 Å². The minimum atomic E-state index is -0.897. The van der Waals surface area contributed by atoms with Gasteiger partial charge in [-0.1, -0.05) is 63.2 Å². The van der Waals surface area contributed by atoms with Crippen LogP contribution in [0.2, 0.25) is 0 Å². The third-order valence-electron chi connectivity index (χ3n) is 8.42. The maximum absolute atomic E-state index is 13.8. The first-order valence-corrected chi connectivity index (χ1v) is 15.3. The molecule has 4 rings (SSSR count). The predicted molar refractivity (Wildman–Crippen MR) is 165 cm³/mol. The summed E-state index contributed by atoms with van der Waals surface area (Å²) in [6, 6.07) is 14.7. The molecule has 2 aliphatic heterocycles. The molecule has 10 heteroatoms. The monoisotopic (exact) mass is 591 g/mol. The number of piperazine rings is 1. The number of carbonyl (C=O) groups is 4. The second-order valence-corrected chi connectivity index (χ2v) is 11.7. The Labute approximate surface area is 254 Å². The molecule has 0 bridgehead atoms. The molecule has 1 saturated heterocycles. The quantitative estimate of drug-likeness (QED) is 0.552. The second-order valence-electron chi connectivity index (χ2n) is 11.7. The summed E-state index contributed by atoms with van der Waals surface area (Å²) in [4.78, 5) is 60.0. The van der Waals surface area contributed by atoms with Crippen molar-refractivity contribution >= 4 is 23.6 Å². The van der Waals surface area contributed by atoms with E-state index in [0.717, 1.165) is 25.2 Å². The molecule has 43 heavy (non-hydrogen) atoms. The SMILES string of the molecule is CCN1CCN(C(=O)[C@@H]2CCC(=O)N[C@@H](C(C)C)C(=O)N(C)[C@H](Cc3ccccc3)COc3ccccc3C(=O)N2)CC1. The summed E-state index contributed by atoms with van der Waals surface area (Å²) in [5, 5.41) is 5.82. The highest BCUT2D eigenvalue weighted by Gasteiger charge is 2.34. The molecule has 2 aliphatic rings. The van der Waals surface area contributed by atoms with Crippen molar-refractivity contribution in [2.75, 3.05) is 46.4 Å². The molecular weight excluding hydrogens is 546 g/mol. The summed E-state index contributed by atoms with van der Waals surface area (Å²) in [6.07, 6.45) is 0.619. The van der Waals surface area contributed by atoms with Crippen molar-refractivity contribution < 1.29 is 23.9 Å². The van der Waals surface area contributed by atoms with Gasteiger partial charge in [-0.05, 0) is 43.0 Å². The number of nitrogens with one attached hydrogen (secondary N) is 2. The Morgan fingerprint density at radius 3 is 2.30 bits per heavy atom. The molecule has 3 atom stereocenters. The third-order valence-corrected chi connectivity index (χ3v) is 8.42. The van der Waals surface area contributed by atoms with Crippen LogP contribution in [0.1, 0.15) is 49.5 Å². The van der Waals surface area contributed by atoms with Gasteiger partial charge in [0.25, 0.3) is 5.91 Å². The van der Waals surface area contributed by atoms with Gasteiger partial charge in [-0.25, -0.2) is 0 Å². The van der Waals surface area contributed by atoms with E-state index in [4.69, 9.17) is 4.74 Å². The fourth-order valence-electron chi connectivity index (χ4n) is 5.59. The van der Waals surface area contributed by atoms with Gasteiger partial charge >= 0.3 is 0 Å². The summed E-state index contributed by atoms with van der Waals surface area (Å²) in [7, 11) is 1.73. The average molecular weight is 592 g/mol. The predicted octanol–water partition coefficient (Wildman–Crippen LogP) is 2.33. The van der Waals surface area contributed by atoms with Crippen molar-refractivity contribution in [2.45, 2.75) is 58.2 Å². The Hall–Kier alpha value is -3.92. The molecule has 10 nitrogen and oxygen atoms in total. The number of para-hydroxylation sites is 1. The Kier molecular flexibility index (Phi) is 11.2. The number of rotatable bonds is 5. The van der Waals surface area contributed by atoms with Crippen LogP contribution in [0.4, 0.5) is 0 Å². The molecule has 0 saturated carbocycles. The topological polar surface area (TPSA) is 111 Å². The van der Waals surface area contributed by atoms with E-state index in [1.165, 1.54) is 0 Å². The van der Waals surface area contributed by atoms with Crippen LogP contribution < -0.4 is 15.4 Å². The molecule has 0 aromatic heterocycles. The molecule has 0 spiro atoms. The number of benzene rings is 2. The van der Waals surface area contributed by atoms with Crippen LogP contribution in [0.3, 0.4) is 0 Å². The molecule has 0 aliphatic carbocycles. The van der Waals surface area contributed by atoms with E-state index < -0.39 is 18.0 Å². The zero-order valence-electron chi connectivity index (χ0n) is 25.8. The van der Waals surface area contributed by atoms with Gasteiger partial charge in [-0.2, -0.15) is 0 Å². The zero-order valence-corrected chi connectivity index (χ0v) is 25.8. The van der Waals surface area contributed by atoms with Gasteiger partial charge in [0.1, 0.15) is 24.4 Å². The number of nitrogens with zero attached hydrogens (tertiary/aromatic N) is 3.